The van der Waals surface area contributed by atoms with Crippen LogP contribution in [0.15, 0.2) is 0 Å². The van der Waals surface area contributed by atoms with Gasteiger partial charge in [0.25, 0.3) is 0 Å². The van der Waals surface area contributed by atoms with Crippen molar-refractivity contribution in [1.82, 2.24) is 10.2 Å². The van der Waals surface area contributed by atoms with E-state index in [1.807, 2.05) is 11.8 Å². The van der Waals surface area contributed by atoms with Gasteiger partial charge in [-0.2, -0.15) is 11.8 Å². The van der Waals surface area contributed by atoms with Gasteiger partial charge in [-0.05, 0) is 44.2 Å². The second-order valence-corrected chi connectivity index (χ2v) is 7.01. The fourth-order valence-corrected chi connectivity index (χ4v) is 3.32. The Balaban J connectivity index is 2.20. The molecule has 0 bridgehead atoms. The molecule has 108 valence electrons. The van der Waals surface area contributed by atoms with Crippen LogP contribution in [0.4, 0.5) is 0 Å². The summed E-state index contributed by atoms with van der Waals surface area (Å²) in [6, 6.07) is 1.41. The van der Waals surface area contributed by atoms with E-state index in [4.69, 9.17) is 0 Å². The Bertz CT molecular complexity index is 209. The van der Waals surface area contributed by atoms with Crippen molar-refractivity contribution in [2.24, 2.45) is 5.92 Å². The minimum absolute atomic E-state index is 0.663. The van der Waals surface area contributed by atoms with Crippen molar-refractivity contribution >= 4 is 11.8 Å². The summed E-state index contributed by atoms with van der Waals surface area (Å²) in [6.07, 6.45) is 7.80. The Labute approximate surface area is 118 Å². The number of nitrogens with one attached hydrogen (secondary N) is 1. The van der Waals surface area contributed by atoms with E-state index >= 15 is 0 Å². The van der Waals surface area contributed by atoms with Gasteiger partial charge in [-0.1, -0.05) is 26.7 Å². The monoisotopic (exact) mass is 272 g/mol. The first-order valence-corrected chi connectivity index (χ1v) is 9.01. The summed E-state index contributed by atoms with van der Waals surface area (Å²) < 4.78 is 0. The molecule has 2 unspecified atom stereocenters. The third-order valence-corrected chi connectivity index (χ3v) is 4.66. The third-order valence-electron chi connectivity index (χ3n) is 3.97. The Morgan fingerprint density at radius 2 is 1.94 bits per heavy atom. The van der Waals surface area contributed by atoms with E-state index in [0.29, 0.717) is 6.04 Å². The fourth-order valence-electron chi connectivity index (χ4n) is 2.83. The highest BCUT2D eigenvalue weighted by atomic mass is 32.2. The van der Waals surface area contributed by atoms with E-state index in [2.05, 4.69) is 37.2 Å². The van der Waals surface area contributed by atoms with Gasteiger partial charge in [0.1, 0.15) is 0 Å². The van der Waals surface area contributed by atoms with E-state index in [1.54, 1.807) is 0 Å². The van der Waals surface area contributed by atoms with Gasteiger partial charge in [0.05, 0.1) is 0 Å². The van der Waals surface area contributed by atoms with E-state index in [-0.39, 0.29) is 0 Å². The molecule has 0 aromatic heterocycles. The number of thioether (sulfide) groups is 1. The van der Waals surface area contributed by atoms with Crippen molar-refractivity contribution in [2.75, 3.05) is 31.6 Å². The topological polar surface area (TPSA) is 15.3 Å². The molecule has 1 saturated heterocycles. The molecule has 1 fully saturated rings. The lowest BCUT2D eigenvalue weighted by molar-refractivity contribution is 0.101. The molecule has 0 radical (unpaired) electrons. The van der Waals surface area contributed by atoms with Crippen LogP contribution in [0, 0.1) is 5.92 Å². The Hall–Kier alpha value is 0.270. The van der Waals surface area contributed by atoms with Crippen LogP contribution in [0.2, 0.25) is 0 Å². The number of hydrogen-bond donors (Lipinski definition) is 1. The number of hydrogen-bond acceptors (Lipinski definition) is 3. The second-order valence-electron chi connectivity index (χ2n) is 6.02. The number of piperazine rings is 1. The highest BCUT2D eigenvalue weighted by molar-refractivity contribution is 7.98. The van der Waals surface area contributed by atoms with Crippen LogP contribution in [0.5, 0.6) is 0 Å². The molecule has 2 nitrogen and oxygen atoms in total. The van der Waals surface area contributed by atoms with Crippen LogP contribution >= 0.6 is 11.8 Å². The molecule has 2 atom stereocenters. The van der Waals surface area contributed by atoms with Crippen molar-refractivity contribution in [3.8, 4) is 0 Å². The lowest BCUT2D eigenvalue weighted by Gasteiger charge is -2.41. The smallest absolute Gasteiger partial charge is 0.0244 e. The first-order valence-electron chi connectivity index (χ1n) is 7.61. The van der Waals surface area contributed by atoms with E-state index in [1.165, 1.54) is 51.1 Å². The first kappa shape index (κ1) is 16.3. The molecule has 1 aliphatic heterocycles. The van der Waals surface area contributed by atoms with Gasteiger partial charge in [0.2, 0.25) is 0 Å². The van der Waals surface area contributed by atoms with Crippen molar-refractivity contribution in [3.63, 3.8) is 0 Å². The van der Waals surface area contributed by atoms with Crippen molar-refractivity contribution in [2.45, 2.75) is 58.5 Å². The maximum Gasteiger partial charge on any atom is 0.0244 e. The van der Waals surface area contributed by atoms with E-state index in [0.717, 1.165) is 12.0 Å². The summed E-state index contributed by atoms with van der Waals surface area (Å²) in [6.45, 7) is 10.7. The summed E-state index contributed by atoms with van der Waals surface area (Å²) in [5.41, 5.74) is 0. The molecule has 0 saturated carbocycles. The highest BCUT2D eigenvalue weighted by Gasteiger charge is 2.27. The van der Waals surface area contributed by atoms with Crippen LogP contribution in [0.3, 0.4) is 0 Å². The molecule has 0 aliphatic carbocycles. The van der Waals surface area contributed by atoms with E-state index < -0.39 is 0 Å². The molecule has 18 heavy (non-hydrogen) atoms. The van der Waals surface area contributed by atoms with Crippen LogP contribution in [0.25, 0.3) is 0 Å². The maximum absolute atomic E-state index is 3.62. The molecule has 0 aromatic carbocycles. The fraction of sp³-hybridized carbons (Fsp3) is 1.00. The zero-order valence-corrected chi connectivity index (χ0v) is 13.6. The van der Waals surface area contributed by atoms with Crippen LogP contribution in [-0.2, 0) is 0 Å². The second kappa shape index (κ2) is 9.22. The first-order chi connectivity index (χ1) is 8.65. The number of nitrogens with zero attached hydrogens (tertiary/aromatic N) is 1. The number of rotatable bonds is 8. The van der Waals surface area contributed by atoms with Crippen LogP contribution < -0.4 is 5.32 Å². The summed E-state index contributed by atoms with van der Waals surface area (Å²) in [4.78, 5) is 2.72. The SMILES string of the molecule is CSCCCCCCN1CC(C)NCC1C(C)C. The standard InChI is InChI=1S/C15H32N2S/c1-13(2)15-11-16-14(3)12-17(15)9-7-5-6-8-10-18-4/h13-16H,5-12H2,1-4H3. The molecule has 0 aromatic rings. The van der Waals surface area contributed by atoms with Gasteiger partial charge >= 0.3 is 0 Å². The lowest BCUT2D eigenvalue weighted by Crippen LogP contribution is -2.57. The van der Waals surface area contributed by atoms with Gasteiger partial charge in [0, 0.05) is 25.2 Å². The highest BCUT2D eigenvalue weighted by Crippen LogP contribution is 2.16. The zero-order valence-electron chi connectivity index (χ0n) is 12.7. The van der Waals surface area contributed by atoms with Gasteiger partial charge < -0.3 is 5.32 Å². The van der Waals surface area contributed by atoms with Crippen molar-refractivity contribution < 1.29 is 0 Å². The quantitative estimate of drug-likeness (QED) is 0.683. The van der Waals surface area contributed by atoms with Crippen molar-refractivity contribution in [1.29, 1.82) is 0 Å². The molecule has 1 rings (SSSR count). The zero-order chi connectivity index (χ0) is 13.4. The molecule has 1 N–H and O–H groups in total. The molecular formula is C15H32N2S. The average molecular weight is 273 g/mol. The molecule has 3 heteroatoms. The third kappa shape index (κ3) is 5.94. The Morgan fingerprint density at radius 1 is 1.22 bits per heavy atom. The lowest BCUT2D eigenvalue weighted by atomic mass is 9.98. The molecular weight excluding hydrogens is 240 g/mol. The van der Waals surface area contributed by atoms with Gasteiger partial charge in [-0.15, -0.1) is 0 Å². The molecule has 1 heterocycles. The molecule has 0 spiro atoms. The van der Waals surface area contributed by atoms with Crippen LogP contribution in [-0.4, -0.2) is 48.6 Å². The maximum atomic E-state index is 3.62. The summed E-state index contributed by atoms with van der Waals surface area (Å²) in [5.74, 6) is 2.10. The predicted octanol–water partition coefficient (Wildman–Crippen LogP) is 3.23. The summed E-state index contributed by atoms with van der Waals surface area (Å²) in [5, 5.41) is 3.62. The predicted molar refractivity (Wildman–Crippen MR) is 84.5 cm³/mol. The minimum atomic E-state index is 0.663. The molecule has 0 amide bonds. The van der Waals surface area contributed by atoms with E-state index in [9.17, 15) is 0 Å². The Kier molecular flexibility index (Phi) is 8.36. The van der Waals surface area contributed by atoms with Crippen LogP contribution in [0.1, 0.15) is 46.5 Å². The molecule has 1 aliphatic rings. The van der Waals surface area contributed by atoms with Gasteiger partial charge in [-0.3, -0.25) is 4.90 Å². The Morgan fingerprint density at radius 3 is 2.61 bits per heavy atom. The van der Waals surface area contributed by atoms with Gasteiger partial charge in [-0.25, -0.2) is 0 Å². The average Bonchev–Trinajstić information content (AvgIpc) is 2.33. The normalized spacial score (nSPS) is 25.8. The summed E-state index contributed by atoms with van der Waals surface area (Å²) >= 11 is 1.97. The largest absolute Gasteiger partial charge is 0.311 e. The minimum Gasteiger partial charge on any atom is -0.311 e. The number of unbranched alkanes of at least 4 members (excludes halogenated alkanes) is 3. The van der Waals surface area contributed by atoms with Crippen molar-refractivity contribution in [3.05, 3.63) is 0 Å². The summed E-state index contributed by atoms with van der Waals surface area (Å²) in [7, 11) is 0. The van der Waals surface area contributed by atoms with Gasteiger partial charge in [0.15, 0.2) is 0 Å².